The third-order valence-electron chi connectivity index (χ3n) is 3.14. The number of carbonyl (C=O) groups excluding carboxylic acids is 1. The fourth-order valence-corrected chi connectivity index (χ4v) is 2.46. The van der Waals surface area contributed by atoms with E-state index >= 15 is 0 Å². The van der Waals surface area contributed by atoms with Crippen LogP contribution >= 0.6 is 12.2 Å². The summed E-state index contributed by atoms with van der Waals surface area (Å²) in [6.45, 7) is 2.61. The molecule has 1 aliphatic rings. The minimum Gasteiger partial charge on any atom is -0.493 e. The van der Waals surface area contributed by atoms with Crippen molar-refractivity contribution in [3.8, 4) is 11.5 Å². The molecular weight excluding hydrogens is 288 g/mol. The second-order valence-electron chi connectivity index (χ2n) is 4.53. The van der Waals surface area contributed by atoms with Gasteiger partial charge in [-0.1, -0.05) is 19.1 Å². The molecule has 6 heteroatoms. The van der Waals surface area contributed by atoms with Crippen molar-refractivity contribution in [1.82, 2.24) is 10.2 Å². The minimum absolute atomic E-state index is 0.119. The highest BCUT2D eigenvalue weighted by Crippen LogP contribution is 2.32. The van der Waals surface area contributed by atoms with Crippen LogP contribution in [-0.4, -0.2) is 36.7 Å². The van der Waals surface area contributed by atoms with E-state index in [9.17, 15) is 4.79 Å². The highest BCUT2D eigenvalue weighted by Gasteiger charge is 2.30. The lowest BCUT2D eigenvalue weighted by atomic mass is 10.1. The highest BCUT2D eigenvalue weighted by molar-refractivity contribution is 7.80. The van der Waals surface area contributed by atoms with E-state index in [2.05, 4.69) is 5.32 Å². The Bertz CT molecular complexity index is 599. The molecule has 21 heavy (non-hydrogen) atoms. The molecule has 2 rings (SSSR count). The van der Waals surface area contributed by atoms with Gasteiger partial charge >= 0.3 is 0 Å². The maximum Gasteiger partial charge on any atom is 0.276 e. The van der Waals surface area contributed by atoms with Crippen LogP contribution in [0.15, 0.2) is 23.9 Å². The Kier molecular flexibility index (Phi) is 4.80. The lowest BCUT2D eigenvalue weighted by molar-refractivity contribution is -0.122. The number of methoxy groups -OCH3 is 2. The molecule has 1 aromatic rings. The van der Waals surface area contributed by atoms with Crippen LogP contribution < -0.4 is 14.8 Å². The zero-order valence-corrected chi connectivity index (χ0v) is 13.1. The van der Waals surface area contributed by atoms with Crippen LogP contribution in [0.5, 0.6) is 11.5 Å². The van der Waals surface area contributed by atoms with Gasteiger partial charge in [-0.3, -0.25) is 9.69 Å². The molecule has 0 radical (unpaired) electrons. The number of ether oxygens (including phenoxy) is 2. The number of hydrogen-bond acceptors (Lipinski definition) is 4. The van der Waals surface area contributed by atoms with Crippen molar-refractivity contribution in [2.24, 2.45) is 0 Å². The lowest BCUT2D eigenvalue weighted by Gasteiger charge is -2.11. The molecule has 1 heterocycles. The zero-order valence-electron chi connectivity index (χ0n) is 12.3. The molecule has 1 amide bonds. The average Bonchev–Trinajstić information content (AvgIpc) is 2.75. The molecule has 1 aliphatic heterocycles. The summed E-state index contributed by atoms with van der Waals surface area (Å²) in [5.41, 5.74) is 1.20. The molecule has 1 aromatic carbocycles. The molecule has 112 valence electrons. The first-order valence-corrected chi connectivity index (χ1v) is 7.08. The molecular formula is C15H18N2O3S. The maximum atomic E-state index is 12.3. The summed E-state index contributed by atoms with van der Waals surface area (Å²) in [7, 11) is 3.14. The van der Waals surface area contributed by atoms with E-state index in [0.29, 0.717) is 28.9 Å². The zero-order chi connectivity index (χ0) is 15.4. The average molecular weight is 306 g/mol. The number of benzene rings is 1. The fraction of sp³-hybridized carbons (Fsp3) is 0.333. The van der Waals surface area contributed by atoms with E-state index in [-0.39, 0.29) is 5.91 Å². The lowest BCUT2D eigenvalue weighted by Crippen LogP contribution is -2.31. The number of hydrogen-bond donors (Lipinski definition) is 1. The van der Waals surface area contributed by atoms with Gasteiger partial charge in [0.05, 0.1) is 14.2 Å². The Hall–Kier alpha value is -2.08. The Labute approximate surface area is 129 Å². The van der Waals surface area contributed by atoms with Crippen molar-refractivity contribution in [1.29, 1.82) is 0 Å². The Morgan fingerprint density at radius 2 is 2.10 bits per heavy atom. The van der Waals surface area contributed by atoms with E-state index in [4.69, 9.17) is 21.7 Å². The molecule has 0 saturated carbocycles. The van der Waals surface area contributed by atoms with Crippen molar-refractivity contribution in [2.75, 3.05) is 20.8 Å². The van der Waals surface area contributed by atoms with Crippen LogP contribution in [0.3, 0.4) is 0 Å². The molecule has 0 aromatic heterocycles. The van der Waals surface area contributed by atoms with E-state index in [0.717, 1.165) is 12.0 Å². The molecule has 0 atom stereocenters. The number of nitrogens with zero attached hydrogens (tertiary/aromatic N) is 1. The first-order chi connectivity index (χ1) is 10.1. The first-order valence-electron chi connectivity index (χ1n) is 6.67. The molecule has 0 bridgehead atoms. The van der Waals surface area contributed by atoms with E-state index in [1.807, 2.05) is 19.1 Å². The van der Waals surface area contributed by atoms with Gasteiger partial charge in [-0.25, -0.2) is 0 Å². The van der Waals surface area contributed by atoms with Crippen LogP contribution in [0, 0.1) is 0 Å². The molecule has 1 saturated heterocycles. The molecule has 0 spiro atoms. The van der Waals surface area contributed by atoms with Crippen LogP contribution in [0.2, 0.25) is 0 Å². The summed E-state index contributed by atoms with van der Waals surface area (Å²) in [6, 6.07) is 5.50. The Morgan fingerprint density at radius 1 is 1.33 bits per heavy atom. The van der Waals surface area contributed by atoms with Crippen molar-refractivity contribution < 1.29 is 14.3 Å². The summed E-state index contributed by atoms with van der Waals surface area (Å²) < 4.78 is 10.6. The van der Waals surface area contributed by atoms with Gasteiger partial charge in [-0.15, -0.1) is 0 Å². The normalized spacial score (nSPS) is 16.3. The van der Waals surface area contributed by atoms with Gasteiger partial charge in [0.2, 0.25) is 0 Å². The number of carbonyl (C=O) groups is 1. The van der Waals surface area contributed by atoms with Gasteiger partial charge < -0.3 is 14.8 Å². The maximum absolute atomic E-state index is 12.3. The van der Waals surface area contributed by atoms with Gasteiger partial charge in [-0.05, 0) is 30.8 Å². The molecule has 1 N–H and O–H groups in total. The van der Waals surface area contributed by atoms with Gasteiger partial charge in [0.1, 0.15) is 5.70 Å². The largest absolute Gasteiger partial charge is 0.493 e. The quantitative estimate of drug-likeness (QED) is 0.667. The Balaban J connectivity index is 2.37. The van der Waals surface area contributed by atoms with Crippen LogP contribution in [-0.2, 0) is 4.79 Å². The van der Waals surface area contributed by atoms with Gasteiger partial charge in [0.15, 0.2) is 16.6 Å². The summed E-state index contributed by atoms with van der Waals surface area (Å²) in [4.78, 5) is 13.9. The third kappa shape index (κ3) is 3.00. The van der Waals surface area contributed by atoms with E-state index in [1.54, 1.807) is 31.3 Å². The number of thiocarbonyl (C=S) groups is 1. The topological polar surface area (TPSA) is 50.8 Å². The summed E-state index contributed by atoms with van der Waals surface area (Å²) in [5, 5.41) is 3.39. The fourth-order valence-electron chi connectivity index (χ4n) is 2.18. The van der Waals surface area contributed by atoms with Crippen molar-refractivity contribution in [2.45, 2.75) is 13.3 Å². The van der Waals surface area contributed by atoms with Gasteiger partial charge in [-0.2, -0.15) is 0 Å². The smallest absolute Gasteiger partial charge is 0.276 e. The van der Waals surface area contributed by atoms with Crippen molar-refractivity contribution in [3.05, 3.63) is 29.5 Å². The summed E-state index contributed by atoms with van der Waals surface area (Å²) >= 11 is 5.18. The van der Waals surface area contributed by atoms with Crippen molar-refractivity contribution >= 4 is 29.3 Å². The van der Waals surface area contributed by atoms with Crippen LogP contribution in [0.4, 0.5) is 0 Å². The van der Waals surface area contributed by atoms with E-state index < -0.39 is 0 Å². The number of para-hydroxylation sites is 1. The number of nitrogens with one attached hydrogen (secondary N) is 1. The molecule has 0 unspecified atom stereocenters. The predicted molar refractivity (Wildman–Crippen MR) is 85.3 cm³/mol. The predicted octanol–water partition coefficient (Wildman–Crippen LogP) is 2.17. The Morgan fingerprint density at radius 3 is 2.71 bits per heavy atom. The van der Waals surface area contributed by atoms with Crippen molar-refractivity contribution in [3.63, 3.8) is 0 Å². The SMILES string of the molecule is CCCN1C(=O)/C(=C\c2cccc(OC)c2OC)NC1=S. The monoisotopic (exact) mass is 306 g/mol. The molecule has 0 aliphatic carbocycles. The van der Waals surface area contributed by atoms with Crippen LogP contribution in [0.1, 0.15) is 18.9 Å². The first kappa shape index (κ1) is 15.3. The minimum atomic E-state index is -0.119. The third-order valence-corrected chi connectivity index (χ3v) is 3.47. The van der Waals surface area contributed by atoms with Gasteiger partial charge in [0, 0.05) is 12.1 Å². The summed E-state index contributed by atoms with van der Waals surface area (Å²) in [5.74, 6) is 1.08. The molecule has 1 fully saturated rings. The standard InChI is InChI=1S/C15H18N2O3S/c1-4-8-17-14(18)11(16-15(17)21)9-10-6-5-7-12(19-2)13(10)20-3/h5-7,9H,4,8H2,1-3H3,(H,16,21)/b11-9+. The second kappa shape index (κ2) is 6.58. The summed E-state index contributed by atoms with van der Waals surface area (Å²) in [6.07, 6.45) is 2.58. The number of rotatable bonds is 5. The molecule has 5 nitrogen and oxygen atoms in total. The van der Waals surface area contributed by atoms with Crippen LogP contribution in [0.25, 0.3) is 6.08 Å². The van der Waals surface area contributed by atoms with E-state index in [1.165, 1.54) is 0 Å². The van der Waals surface area contributed by atoms with Gasteiger partial charge in [0.25, 0.3) is 5.91 Å². The highest BCUT2D eigenvalue weighted by atomic mass is 32.1. The second-order valence-corrected chi connectivity index (χ2v) is 4.91. The number of amides is 1.